The van der Waals surface area contributed by atoms with E-state index in [1.54, 1.807) is 47.8 Å². The summed E-state index contributed by atoms with van der Waals surface area (Å²) in [5.41, 5.74) is 0.795. The van der Waals surface area contributed by atoms with Crippen LogP contribution >= 0.6 is 11.3 Å². The van der Waals surface area contributed by atoms with Gasteiger partial charge in [-0.2, -0.15) is 13.2 Å². The number of ether oxygens (including phenoxy) is 1. The minimum atomic E-state index is -4.44. The maximum absolute atomic E-state index is 13.7. The van der Waals surface area contributed by atoms with E-state index in [-0.39, 0.29) is 23.8 Å². The van der Waals surface area contributed by atoms with Crippen molar-refractivity contribution in [1.82, 2.24) is 4.98 Å². The van der Waals surface area contributed by atoms with Gasteiger partial charge in [-0.15, -0.1) is 11.3 Å². The lowest BCUT2D eigenvalue weighted by Gasteiger charge is -2.08. The highest BCUT2D eigenvalue weighted by Crippen LogP contribution is 2.30. The summed E-state index contributed by atoms with van der Waals surface area (Å²) < 4.78 is 57.3. The van der Waals surface area contributed by atoms with E-state index in [1.165, 1.54) is 29.5 Å². The predicted molar refractivity (Wildman–Crippen MR) is 118 cm³/mol. The van der Waals surface area contributed by atoms with Gasteiger partial charge in [0.2, 0.25) is 0 Å². The van der Waals surface area contributed by atoms with E-state index >= 15 is 0 Å². The molecule has 4 aromatic rings. The van der Waals surface area contributed by atoms with Gasteiger partial charge in [0.05, 0.1) is 5.56 Å². The fourth-order valence-electron chi connectivity index (χ4n) is 2.92. The smallest absolute Gasteiger partial charge is 0.416 e. The summed E-state index contributed by atoms with van der Waals surface area (Å²) in [6, 6.07) is 17.5. The third kappa shape index (κ3) is 5.56. The third-order valence-corrected chi connectivity index (χ3v) is 5.55. The average molecular weight is 472 g/mol. The minimum absolute atomic E-state index is 0.0948. The van der Waals surface area contributed by atoms with Crippen molar-refractivity contribution in [3.8, 4) is 16.3 Å². The number of benzene rings is 3. The summed E-state index contributed by atoms with van der Waals surface area (Å²) >= 11 is 1.25. The van der Waals surface area contributed by atoms with Crippen LogP contribution in [0.4, 0.5) is 23.2 Å². The van der Waals surface area contributed by atoms with Crippen molar-refractivity contribution >= 4 is 22.9 Å². The number of thiazole rings is 1. The summed E-state index contributed by atoms with van der Waals surface area (Å²) in [5, 5.41) is 4.69. The van der Waals surface area contributed by atoms with Gasteiger partial charge < -0.3 is 10.1 Å². The Balaban J connectivity index is 1.38. The van der Waals surface area contributed by atoms with Crippen molar-refractivity contribution in [1.29, 1.82) is 0 Å². The molecule has 0 aliphatic carbocycles. The molecule has 9 heteroatoms. The van der Waals surface area contributed by atoms with E-state index in [4.69, 9.17) is 4.74 Å². The topological polar surface area (TPSA) is 51.2 Å². The van der Waals surface area contributed by atoms with Crippen LogP contribution in [-0.2, 0) is 12.8 Å². The number of hydrogen-bond acceptors (Lipinski definition) is 4. The second kappa shape index (κ2) is 9.41. The third-order valence-electron chi connectivity index (χ3n) is 4.66. The van der Waals surface area contributed by atoms with Crippen LogP contribution in [0.1, 0.15) is 21.6 Å². The molecule has 0 saturated heterocycles. The van der Waals surface area contributed by atoms with Gasteiger partial charge in [-0.05, 0) is 54.6 Å². The van der Waals surface area contributed by atoms with E-state index in [9.17, 15) is 22.4 Å². The molecule has 1 aromatic heterocycles. The highest BCUT2D eigenvalue weighted by molar-refractivity contribution is 7.13. The second-order valence-corrected chi connectivity index (χ2v) is 7.83. The molecule has 4 rings (SSSR count). The largest absolute Gasteiger partial charge is 0.489 e. The Morgan fingerprint density at radius 2 is 1.67 bits per heavy atom. The minimum Gasteiger partial charge on any atom is -0.489 e. The highest BCUT2D eigenvalue weighted by Gasteiger charge is 2.30. The number of carbonyl (C=O) groups is 1. The molecule has 0 atom stereocenters. The molecule has 0 fully saturated rings. The molecule has 3 aromatic carbocycles. The summed E-state index contributed by atoms with van der Waals surface area (Å²) in [5.74, 6) is -0.306. The van der Waals surface area contributed by atoms with E-state index in [0.29, 0.717) is 16.3 Å². The first-order valence-electron chi connectivity index (χ1n) is 9.70. The van der Waals surface area contributed by atoms with E-state index < -0.39 is 17.6 Å². The second-order valence-electron chi connectivity index (χ2n) is 6.97. The summed E-state index contributed by atoms with van der Waals surface area (Å²) in [6.07, 6.45) is -4.44. The molecule has 4 nitrogen and oxygen atoms in total. The molecule has 0 unspecified atom stereocenters. The zero-order valence-corrected chi connectivity index (χ0v) is 17.7. The van der Waals surface area contributed by atoms with Gasteiger partial charge in [-0.1, -0.05) is 18.2 Å². The molecule has 168 valence electrons. The Morgan fingerprint density at radius 1 is 0.970 bits per heavy atom. The molecule has 33 heavy (non-hydrogen) atoms. The lowest BCUT2D eigenvalue weighted by Crippen LogP contribution is -2.12. The van der Waals surface area contributed by atoms with Crippen LogP contribution in [-0.4, -0.2) is 10.9 Å². The van der Waals surface area contributed by atoms with Gasteiger partial charge >= 0.3 is 6.18 Å². The standard InChI is InChI=1S/C24H16F4N2O2S/c25-20-4-2-1-3-16(20)13-32-19-11-5-15(6-12-19)23-30-21(14-33-23)22(31)29-18-9-7-17(8-10-18)24(26,27)28/h1-12,14H,13H2,(H,29,31). The number of anilines is 1. The number of nitrogens with one attached hydrogen (secondary N) is 1. The number of halogens is 4. The Bertz CT molecular complexity index is 1250. The van der Waals surface area contributed by atoms with Crippen molar-refractivity contribution in [3.05, 3.63) is 101 Å². The quantitative estimate of drug-likeness (QED) is 0.314. The van der Waals surface area contributed by atoms with E-state index in [0.717, 1.165) is 17.7 Å². The average Bonchev–Trinajstić information content (AvgIpc) is 3.29. The van der Waals surface area contributed by atoms with E-state index in [1.807, 2.05) is 0 Å². The first-order chi connectivity index (χ1) is 15.8. The SMILES string of the molecule is O=C(Nc1ccc(C(F)(F)F)cc1)c1csc(-c2ccc(OCc3ccccc3F)cc2)n1. The van der Waals surface area contributed by atoms with Crippen LogP contribution in [0.5, 0.6) is 5.75 Å². The van der Waals surface area contributed by atoms with E-state index in [2.05, 4.69) is 10.3 Å². The maximum atomic E-state index is 13.7. The predicted octanol–water partition coefficient (Wildman–Crippen LogP) is 6.80. The molecule has 0 radical (unpaired) electrons. The molecule has 0 saturated carbocycles. The molecule has 1 amide bonds. The molecule has 1 N–H and O–H groups in total. The first kappa shape index (κ1) is 22.5. The molecule has 0 bridgehead atoms. The van der Waals surface area contributed by atoms with Crippen LogP contribution in [0.3, 0.4) is 0 Å². The molecule has 0 aliphatic heterocycles. The monoisotopic (exact) mass is 472 g/mol. The number of aromatic nitrogens is 1. The molecular formula is C24H16F4N2O2S. The fraction of sp³-hybridized carbons (Fsp3) is 0.0833. The Labute approximate surface area is 190 Å². The Hall–Kier alpha value is -3.72. The molecular weight excluding hydrogens is 456 g/mol. The number of amides is 1. The Morgan fingerprint density at radius 3 is 2.33 bits per heavy atom. The molecule has 0 aliphatic rings. The van der Waals surface area contributed by atoms with Crippen molar-refractivity contribution in [2.24, 2.45) is 0 Å². The zero-order chi connectivity index (χ0) is 23.4. The molecule has 0 spiro atoms. The number of hydrogen-bond donors (Lipinski definition) is 1. The van der Waals surface area contributed by atoms with Gasteiger partial charge in [0.15, 0.2) is 0 Å². The highest BCUT2D eigenvalue weighted by atomic mass is 32.1. The zero-order valence-electron chi connectivity index (χ0n) is 16.9. The molecule has 1 heterocycles. The normalized spacial score (nSPS) is 11.3. The summed E-state index contributed by atoms with van der Waals surface area (Å²) in [4.78, 5) is 16.7. The van der Waals surface area contributed by atoms with Crippen LogP contribution in [0.2, 0.25) is 0 Å². The van der Waals surface area contributed by atoms with Gasteiger partial charge in [-0.3, -0.25) is 4.79 Å². The lowest BCUT2D eigenvalue weighted by molar-refractivity contribution is -0.137. The van der Waals surface area contributed by atoms with Gasteiger partial charge in [0, 0.05) is 22.2 Å². The number of rotatable bonds is 6. The summed E-state index contributed by atoms with van der Waals surface area (Å²) in [7, 11) is 0. The van der Waals surface area contributed by atoms with Crippen molar-refractivity contribution in [2.45, 2.75) is 12.8 Å². The van der Waals surface area contributed by atoms with Crippen LogP contribution < -0.4 is 10.1 Å². The van der Waals surface area contributed by atoms with Crippen molar-refractivity contribution < 1.29 is 27.1 Å². The van der Waals surface area contributed by atoms with Crippen LogP contribution in [0.25, 0.3) is 10.6 Å². The fourth-order valence-corrected chi connectivity index (χ4v) is 3.72. The van der Waals surface area contributed by atoms with Crippen LogP contribution in [0.15, 0.2) is 78.2 Å². The summed E-state index contributed by atoms with van der Waals surface area (Å²) in [6.45, 7) is 0.0948. The Kier molecular flexibility index (Phi) is 6.41. The number of carbonyl (C=O) groups excluding carboxylic acids is 1. The van der Waals surface area contributed by atoms with Crippen molar-refractivity contribution in [2.75, 3.05) is 5.32 Å². The number of nitrogens with zero attached hydrogens (tertiary/aromatic N) is 1. The maximum Gasteiger partial charge on any atom is 0.416 e. The lowest BCUT2D eigenvalue weighted by atomic mass is 10.2. The van der Waals surface area contributed by atoms with Crippen molar-refractivity contribution in [3.63, 3.8) is 0 Å². The van der Waals surface area contributed by atoms with Crippen LogP contribution in [0, 0.1) is 5.82 Å². The first-order valence-corrected chi connectivity index (χ1v) is 10.6. The van der Waals surface area contributed by atoms with Gasteiger partial charge in [0.25, 0.3) is 5.91 Å². The van der Waals surface area contributed by atoms with Gasteiger partial charge in [0.1, 0.15) is 28.9 Å². The van der Waals surface area contributed by atoms with Gasteiger partial charge in [-0.25, -0.2) is 9.37 Å². The number of alkyl halides is 3.